The molecule has 0 saturated carbocycles. The van der Waals surface area contributed by atoms with Gasteiger partial charge >= 0.3 is 5.97 Å². The number of aromatic nitrogens is 2. The molecule has 2 rings (SSSR count). The summed E-state index contributed by atoms with van der Waals surface area (Å²) >= 11 is 0. The van der Waals surface area contributed by atoms with Crippen LogP contribution in [0, 0.1) is 27.7 Å². The predicted molar refractivity (Wildman–Crippen MR) is 74.6 cm³/mol. The van der Waals surface area contributed by atoms with Crippen molar-refractivity contribution in [2.75, 3.05) is 0 Å². The van der Waals surface area contributed by atoms with Gasteiger partial charge in [0.2, 0.25) is 11.8 Å². The highest BCUT2D eigenvalue weighted by atomic mass is 16.4. The molecule has 106 valence electrons. The third-order valence-corrected chi connectivity index (χ3v) is 3.60. The number of rotatable bonds is 4. The normalized spacial score (nSPS) is 10.8. The van der Waals surface area contributed by atoms with E-state index in [1.807, 2.05) is 27.7 Å². The fraction of sp³-hybridized carbons (Fsp3) is 0.400. The lowest BCUT2D eigenvalue weighted by atomic mass is 9.94. The maximum atomic E-state index is 10.6. The molecular formula is C15H18N2O3. The second-order valence-corrected chi connectivity index (χ2v) is 5.03. The number of hydrogen-bond acceptors (Lipinski definition) is 4. The molecule has 1 N–H and O–H groups in total. The summed E-state index contributed by atoms with van der Waals surface area (Å²) in [6.45, 7) is 8.15. The van der Waals surface area contributed by atoms with Crippen molar-refractivity contribution in [3.8, 4) is 11.5 Å². The van der Waals surface area contributed by atoms with Crippen LogP contribution in [0.25, 0.3) is 11.5 Å². The van der Waals surface area contributed by atoms with E-state index in [9.17, 15) is 4.79 Å². The van der Waals surface area contributed by atoms with Gasteiger partial charge in [-0.15, -0.1) is 10.2 Å². The first-order valence-electron chi connectivity index (χ1n) is 6.52. The summed E-state index contributed by atoms with van der Waals surface area (Å²) in [5.41, 5.74) is 5.53. The van der Waals surface area contributed by atoms with E-state index in [0.717, 1.165) is 16.7 Å². The van der Waals surface area contributed by atoms with Gasteiger partial charge in [0.25, 0.3) is 0 Å². The van der Waals surface area contributed by atoms with Crippen molar-refractivity contribution in [1.29, 1.82) is 0 Å². The van der Waals surface area contributed by atoms with Crippen LogP contribution in [-0.4, -0.2) is 21.3 Å². The first-order valence-corrected chi connectivity index (χ1v) is 6.52. The molecule has 2 aromatic rings. The quantitative estimate of drug-likeness (QED) is 0.927. The Morgan fingerprint density at radius 1 is 1.15 bits per heavy atom. The standard InChI is InChI=1S/C15H18N2O3/c1-8-7-9(2)11(4)14(10(8)3)15-17-16-12(20-15)5-6-13(18)19/h7H,5-6H2,1-4H3,(H,18,19). The summed E-state index contributed by atoms with van der Waals surface area (Å²) in [6, 6.07) is 2.13. The molecule has 1 heterocycles. The second-order valence-electron chi connectivity index (χ2n) is 5.03. The Morgan fingerprint density at radius 3 is 2.30 bits per heavy atom. The van der Waals surface area contributed by atoms with Crippen LogP contribution >= 0.6 is 0 Å². The van der Waals surface area contributed by atoms with Crippen LogP contribution in [0.2, 0.25) is 0 Å². The number of nitrogens with zero attached hydrogens (tertiary/aromatic N) is 2. The number of aryl methyl sites for hydroxylation is 3. The van der Waals surface area contributed by atoms with E-state index in [-0.39, 0.29) is 12.8 Å². The average Bonchev–Trinajstić information content (AvgIpc) is 2.83. The summed E-state index contributed by atoms with van der Waals surface area (Å²) in [5.74, 6) is -0.0453. The van der Waals surface area contributed by atoms with Gasteiger partial charge in [0.1, 0.15) is 0 Å². The number of carboxylic acid groups (broad SMARTS) is 1. The summed E-state index contributed by atoms with van der Waals surface area (Å²) in [6.07, 6.45) is 0.248. The molecule has 0 fully saturated rings. The van der Waals surface area contributed by atoms with E-state index in [0.29, 0.717) is 11.8 Å². The summed E-state index contributed by atoms with van der Waals surface area (Å²) in [4.78, 5) is 10.6. The van der Waals surface area contributed by atoms with Crippen LogP contribution < -0.4 is 0 Å². The Labute approximate surface area is 117 Å². The van der Waals surface area contributed by atoms with Gasteiger partial charge in [-0.3, -0.25) is 4.79 Å². The number of carbonyl (C=O) groups is 1. The minimum absolute atomic E-state index is 0.00750. The first kappa shape index (κ1) is 14.2. The molecule has 0 aliphatic rings. The lowest BCUT2D eigenvalue weighted by Gasteiger charge is -2.11. The summed E-state index contributed by atoms with van der Waals surface area (Å²) < 4.78 is 5.61. The highest BCUT2D eigenvalue weighted by Crippen LogP contribution is 2.30. The molecule has 0 unspecified atom stereocenters. The second kappa shape index (κ2) is 5.45. The highest BCUT2D eigenvalue weighted by Gasteiger charge is 2.16. The van der Waals surface area contributed by atoms with Gasteiger partial charge in [0.05, 0.1) is 6.42 Å². The third kappa shape index (κ3) is 2.71. The van der Waals surface area contributed by atoms with Crippen LogP contribution in [0.15, 0.2) is 10.5 Å². The Morgan fingerprint density at radius 2 is 1.75 bits per heavy atom. The maximum Gasteiger partial charge on any atom is 0.303 e. The van der Waals surface area contributed by atoms with Gasteiger partial charge in [-0.1, -0.05) is 6.07 Å². The van der Waals surface area contributed by atoms with Crippen molar-refractivity contribution in [2.45, 2.75) is 40.5 Å². The van der Waals surface area contributed by atoms with Crippen molar-refractivity contribution in [3.63, 3.8) is 0 Å². The molecule has 5 nitrogen and oxygen atoms in total. The summed E-state index contributed by atoms with van der Waals surface area (Å²) in [5, 5.41) is 16.7. The fourth-order valence-corrected chi connectivity index (χ4v) is 2.21. The molecule has 0 saturated heterocycles. The van der Waals surface area contributed by atoms with Gasteiger partial charge in [0.15, 0.2) is 0 Å². The van der Waals surface area contributed by atoms with E-state index in [1.165, 1.54) is 11.1 Å². The zero-order valence-corrected chi connectivity index (χ0v) is 12.1. The smallest absolute Gasteiger partial charge is 0.303 e. The SMILES string of the molecule is Cc1cc(C)c(C)c(-c2nnc(CCC(=O)O)o2)c1C. The molecular weight excluding hydrogens is 256 g/mol. The van der Waals surface area contributed by atoms with E-state index in [4.69, 9.17) is 9.52 Å². The van der Waals surface area contributed by atoms with Crippen molar-refractivity contribution in [1.82, 2.24) is 10.2 Å². The molecule has 0 aliphatic heterocycles. The number of aliphatic carboxylic acids is 1. The molecule has 0 spiro atoms. The average molecular weight is 274 g/mol. The molecule has 0 atom stereocenters. The van der Waals surface area contributed by atoms with Crippen LogP contribution in [0.5, 0.6) is 0 Å². The Hall–Kier alpha value is -2.17. The predicted octanol–water partition coefficient (Wildman–Crippen LogP) is 2.99. The van der Waals surface area contributed by atoms with Crippen molar-refractivity contribution in [3.05, 3.63) is 34.2 Å². The monoisotopic (exact) mass is 274 g/mol. The first-order chi connectivity index (χ1) is 9.40. The molecule has 1 aromatic heterocycles. The van der Waals surface area contributed by atoms with Gasteiger partial charge in [-0.05, 0) is 49.9 Å². The van der Waals surface area contributed by atoms with Gasteiger partial charge in [-0.25, -0.2) is 0 Å². The topological polar surface area (TPSA) is 76.2 Å². The number of carboxylic acids is 1. The molecule has 5 heteroatoms. The van der Waals surface area contributed by atoms with Crippen LogP contribution in [-0.2, 0) is 11.2 Å². The van der Waals surface area contributed by atoms with Crippen molar-refractivity contribution < 1.29 is 14.3 Å². The zero-order valence-electron chi connectivity index (χ0n) is 12.1. The summed E-state index contributed by atoms with van der Waals surface area (Å²) in [7, 11) is 0. The minimum Gasteiger partial charge on any atom is -0.481 e. The highest BCUT2D eigenvalue weighted by molar-refractivity contribution is 5.67. The largest absolute Gasteiger partial charge is 0.481 e. The van der Waals surface area contributed by atoms with Crippen LogP contribution in [0.1, 0.15) is 34.6 Å². The molecule has 0 radical (unpaired) electrons. The number of hydrogen-bond donors (Lipinski definition) is 1. The van der Waals surface area contributed by atoms with Crippen molar-refractivity contribution in [2.24, 2.45) is 0 Å². The van der Waals surface area contributed by atoms with E-state index in [2.05, 4.69) is 16.3 Å². The molecule has 20 heavy (non-hydrogen) atoms. The Balaban J connectivity index is 2.40. The fourth-order valence-electron chi connectivity index (χ4n) is 2.21. The molecule has 0 amide bonds. The van der Waals surface area contributed by atoms with E-state index in [1.54, 1.807) is 0 Å². The lowest BCUT2D eigenvalue weighted by molar-refractivity contribution is -0.137. The van der Waals surface area contributed by atoms with E-state index >= 15 is 0 Å². The van der Waals surface area contributed by atoms with E-state index < -0.39 is 5.97 Å². The molecule has 0 bridgehead atoms. The Kier molecular flexibility index (Phi) is 3.88. The lowest BCUT2D eigenvalue weighted by Crippen LogP contribution is -1.97. The zero-order chi connectivity index (χ0) is 14.9. The van der Waals surface area contributed by atoms with Crippen LogP contribution in [0.3, 0.4) is 0 Å². The van der Waals surface area contributed by atoms with Gasteiger partial charge in [-0.2, -0.15) is 0 Å². The molecule has 0 aliphatic carbocycles. The maximum absolute atomic E-state index is 10.6. The minimum atomic E-state index is -0.872. The Bertz CT molecular complexity index is 633. The number of benzene rings is 1. The van der Waals surface area contributed by atoms with Gasteiger partial charge in [0, 0.05) is 12.0 Å². The van der Waals surface area contributed by atoms with Crippen molar-refractivity contribution >= 4 is 5.97 Å². The molecule has 1 aromatic carbocycles. The third-order valence-electron chi connectivity index (χ3n) is 3.60. The van der Waals surface area contributed by atoms with Crippen LogP contribution in [0.4, 0.5) is 0 Å². The van der Waals surface area contributed by atoms with Gasteiger partial charge < -0.3 is 9.52 Å².